The summed E-state index contributed by atoms with van der Waals surface area (Å²) in [5, 5.41) is 11.8. The summed E-state index contributed by atoms with van der Waals surface area (Å²) < 4.78 is 15.3. The summed E-state index contributed by atoms with van der Waals surface area (Å²) in [7, 11) is 0. The predicted molar refractivity (Wildman–Crippen MR) is 109 cm³/mol. The fourth-order valence-electron chi connectivity index (χ4n) is 3.63. The van der Waals surface area contributed by atoms with Crippen LogP contribution in [0.1, 0.15) is 54.0 Å². The van der Waals surface area contributed by atoms with E-state index < -0.39 is 0 Å². The number of piperidine rings is 1. The van der Waals surface area contributed by atoms with Crippen LogP contribution >= 0.6 is 12.4 Å². The lowest BCUT2D eigenvalue weighted by molar-refractivity contribution is 0.0750. The minimum atomic E-state index is -0.248. The van der Waals surface area contributed by atoms with E-state index in [2.05, 4.69) is 15.6 Å². The molecular formula is C20H29ClFN5O. The van der Waals surface area contributed by atoms with Crippen LogP contribution in [0.15, 0.2) is 24.3 Å². The van der Waals surface area contributed by atoms with Crippen LogP contribution in [0.5, 0.6) is 0 Å². The Labute approximate surface area is 171 Å². The van der Waals surface area contributed by atoms with Gasteiger partial charge in [-0.3, -0.25) is 4.79 Å². The van der Waals surface area contributed by atoms with Crippen molar-refractivity contribution in [1.29, 1.82) is 0 Å². The zero-order valence-corrected chi connectivity index (χ0v) is 17.3. The molecule has 1 saturated heterocycles. The van der Waals surface area contributed by atoms with Gasteiger partial charge in [-0.25, -0.2) is 9.07 Å². The molecule has 2 aromatic rings. The van der Waals surface area contributed by atoms with E-state index in [0.29, 0.717) is 31.2 Å². The number of rotatable bonds is 7. The van der Waals surface area contributed by atoms with Gasteiger partial charge in [-0.1, -0.05) is 24.3 Å². The number of amides is 1. The number of hydrogen-bond donors (Lipinski definition) is 1. The fraction of sp³-hybridized carbons (Fsp3) is 0.550. The lowest BCUT2D eigenvalue weighted by Gasteiger charge is -2.24. The van der Waals surface area contributed by atoms with Gasteiger partial charge in [-0.05, 0) is 63.4 Å². The summed E-state index contributed by atoms with van der Waals surface area (Å²) >= 11 is 0. The highest BCUT2D eigenvalue weighted by Gasteiger charge is 2.25. The molecular weight excluding hydrogens is 381 g/mol. The monoisotopic (exact) mass is 409 g/mol. The third kappa shape index (κ3) is 5.29. The fourth-order valence-corrected chi connectivity index (χ4v) is 3.63. The van der Waals surface area contributed by atoms with Gasteiger partial charge in [-0.15, -0.1) is 17.5 Å². The van der Waals surface area contributed by atoms with Crippen LogP contribution in [0.4, 0.5) is 4.39 Å². The molecule has 1 N–H and O–H groups in total. The van der Waals surface area contributed by atoms with Crippen LogP contribution in [-0.2, 0) is 6.42 Å². The highest BCUT2D eigenvalue weighted by atomic mass is 35.5. The van der Waals surface area contributed by atoms with Gasteiger partial charge in [-0.2, -0.15) is 0 Å². The molecule has 1 aliphatic rings. The topological polar surface area (TPSA) is 63.1 Å². The molecule has 0 spiro atoms. The van der Waals surface area contributed by atoms with E-state index in [1.54, 1.807) is 11.0 Å². The molecule has 0 unspecified atom stereocenters. The molecule has 0 saturated carbocycles. The van der Waals surface area contributed by atoms with Crippen LogP contribution in [0, 0.1) is 12.7 Å². The van der Waals surface area contributed by atoms with Crippen LogP contribution in [0.2, 0.25) is 0 Å². The Hall–Kier alpha value is -1.99. The highest BCUT2D eigenvalue weighted by Crippen LogP contribution is 2.21. The van der Waals surface area contributed by atoms with Crippen molar-refractivity contribution in [3.63, 3.8) is 0 Å². The number of benzene rings is 1. The SMILES string of the molecule is CCCN(CCc1cccc(F)c1)C(=O)c1nnn(C2CCNCC2)c1C.Cl. The van der Waals surface area contributed by atoms with Crippen molar-refractivity contribution in [1.82, 2.24) is 25.2 Å². The Morgan fingerprint density at radius 1 is 1.32 bits per heavy atom. The molecule has 1 aliphatic heterocycles. The predicted octanol–water partition coefficient (Wildman–Crippen LogP) is 3.17. The van der Waals surface area contributed by atoms with Crippen LogP contribution in [0.25, 0.3) is 0 Å². The Kier molecular flexibility index (Phi) is 8.38. The van der Waals surface area contributed by atoms with E-state index >= 15 is 0 Å². The van der Waals surface area contributed by atoms with E-state index in [1.807, 2.05) is 24.6 Å². The average molecular weight is 410 g/mol. The summed E-state index contributed by atoms with van der Waals surface area (Å²) in [5.41, 5.74) is 2.15. The average Bonchev–Trinajstić information content (AvgIpc) is 3.07. The molecule has 28 heavy (non-hydrogen) atoms. The van der Waals surface area contributed by atoms with Crippen molar-refractivity contribution >= 4 is 18.3 Å². The number of aromatic nitrogens is 3. The standard InChI is InChI=1S/C20H28FN5O.ClH/c1-3-12-25(13-9-16-5-4-6-17(21)14-16)20(27)19-15(2)26(24-23-19)18-7-10-22-11-8-18;/h4-6,14,18,22H,3,7-13H2,1-2H3;1H. The molecule has 1 amide bonds. The van der Waals surface area contributed by atoms with E-state index in [-0.39, 0.29) is 24.1 Å². The molecule has 154 valence electrons. The normalized spacial score (nSPS) is 14.5. The van der Waals surface area contributed by atoms with Crippen LogP contribution < -0.4 is 5.32 Å². The van der Waals surface area contributed by atoms with Gasteiger partial charge < -0.3 is 10.2 Å². The Morgan fingerprint density at radius 2 is 2.07 bits per heavy atom. The van der Waals surface area contributed by atoms with E-state index in [9.17, 15) is 9.18 Å². The minimum Gasteiger partial charge on any atom is -0.337 e. The van der Waals surface area contributed by atoms with Gasteiger partial charge in [0, 0.05) is 13.1 Å². The second kappa shape index (κ2) is 10.5. The Morgan fingerprint density at radius 3 is 2.75 bits per heavy atom. The van der Waals surface area contributed by atoms with Gasteiger partial charge in [0.05, 0.1) is 11.7 Å². The molecule has 1 aromatic heterocycles. The van der Waals surface area contributed by atoms with Gasteiger partial charge >= 0.3 is 0 Å². The second-order valence-corrected chi connectivity index (χ2v) is 7.12. The number of nitrogens with one attached hydrogen (secondary N) is 1. The Balaban J connectivity index is 0.00000280. The molecule has 1 aromatic carbocycles. The summed E-state index contributed by atoms with van der Waals surface area (Å²) in [6, 6.07) is 6.84. The first-order valence-electron chi connectivity index (χ1n) is 9.76. The molecule has 0 radical (unpaired) electrons. The molecule has 1 fully saturated rings. The lowest BCUT2D eigenvalue weighted by atomic mass is 10.1. The van der Waals surface area contributed by atoms with Gasteiger partial charge in [0.15, 0.2) is 5.69 Å². The van der Waals surface area contributed by atoms with Crippen molar-refractivity contribution in [2.24, 2.45) is 0 Å². The van der Waals surface area contributed by atoms with Crippen LogP contribution in [-0.4, -0.2) is 52.0 Å². The van der Waals surface area contributed by atoms with Crippen molar-refractivity contribution in [2.45, 2.75) is 45.6 Å². The smallest absolute Gasteiger partial charge is 0.276 e. The van der Waals surface area contributed by atoms with Gasteiger partial charge in [0.1, 0.15) is 5.82 Å². The molecule has 0 bridgehead atoms. The van der Waals surface area contributed by atoms with Crippen LogP contribution in [0.3, 0.4) is 0 Å². The summed E-state index contributed by atoms with van der Waals surface area (Å²) in [4.78, 5) is 14.9. The maximum absolute atomic E-state index is 13.4. The maximum atomic E-state index is 13.4. The first-order valence-corrected chi connectivity index (χ1v) is 9.76. The van der Waals surface area contributed by atoms with E-state index in [0.717, 1.165) is 43.6 Å². The zero-order chi connectivity index (χ0) is 19.2. The molecule has 3 rings (SSSR count). The lowest BCUT2D eigenvalue weighted by Crippen LogP contribution is -2.34. The maximum Gasteiger partial charge on any atom is 0.276 e. The first kappa shape index (κ1) is 22.3. The second-order valence-electron chi connectivity index (χ2n) is 7.12. The van der Waals surface area contributed by atoms with Crippen molar-refractivity contribution in [3.8, 4) is 0 Å². The zero-order valence-electron chi connectivity index (χ0n) is 16.5. The third-order valence-corrected chi connectivity index (χ3v) is 5.12. The highest BCUT2D eigenvalue weighted by molar-refractivity contribution is 5.93. The summed E-state index contributed by atoms with van der Waals surface area (Å²) in [6.07, 6.45) is 3.47. The number of hydrogen-bond acceptors (Lipinski definition) is 4. The number of carbonyl (C=O) groups is 1. The molecule has 2 heterocycles. The summed E-state index contributed by atoms with van der Waals surface area (Å²) in [5.74, 6) is -0.340. The van der Waals surface area contributed by atoms with E-state index in [4.69, 9.17) is 0 Å². The van der Waals surface area contributed by atoms with Crippen molar-refractivity contribution < 1.29 is 9.18 Å². The minimum absolute atomic E-state index is 0. The Bertz CT molecular complexity index is 776. The molecule has 0 aliphatic carbocycles. The van der Waals surface area contributed by atoms with Gasteiger partial charge in [0.2, 0.25) is 0 Å². The quantitative estimate of drug-likeness (QED) is 0.762. The number of carbonyl (C=O) groups excluding carboxylic acids is 1. The number of nitrogens with zero attached hydrogens (tertiary/aromatic N) is 4. The third-order valence-electron chi connectivity index (χ3n) is 5.12. The first-order chi connectivity index (χ1) is 13.1. The molecule has 8 heteroatoms. The van der Waals surface area contributed by atoms with Gasteiger partial charge in [0.25, 0.3) is 5.91 Å². The molecule has 0 atom stereocenters. The number of halogens is 2. The van der Waals surface area contributed by atoms with Crippen molar-refractivity contribution in [3.05, 3.63) is 47.0 Å². The van der Waals surface area contributed by atoms with Crippen molar-refractivity contribution in [2.75, 3.05) is 26.2 Å². The largest absolute Gasteiger partial charge is 0.337 e. The summed E-state index contributed by atoms with van der Waals surface area (Å²) in [6.45, 7) is 7.07. The molecule has 6 nitrogen and oxygen atoms in total. The van der Waals surface area contributed by atoms with E-state index in [1.165, 1.54) is 12.1 Å².